The van der Waals surface area contributed by atoms with Gasteiger partial charge >= 0.3 is 0 Å². The van der Waals surface area contributed by atoms with E-state index in [-0.39, 0.29) is 11.8 Å². The van der Waals surface area contributed by atoms with Crippen LogP contribution in [0.5, 0.6) is 0 Å². The summed E-state index contributed by atoms with van der Waals surface area (Å²) in [6, 6.07) is 0. The number of hydrogen-bond acceptors (Lipinski definition) is 3. The molecule has 0 spiro atoms. The molecule has 1 heterocycles. The second-order valence-corrected chi connectivity index (χ2v) is 4.82. The Morgan fingerprint density at radius 1 is 1.53 bits per heavy atom. The van der Waals surface area contributed by atoms with Crippen molar-refractivity contribution in [1.29, 1.82) is 0 Å². The molecule has 0 bridgehead atoms. The summed E-state index contributed by atoms with van der Waals surface area (Å²) in [5.41, 5.74) is 2.83. The Kier molecular flexibility index (Phi) is 4.54. The van der Waals surface area contributed by atoms with Gasteiger partial charge in [-0.15, -0.1) is 0 Å². The number of piperidine rings is 1. The van der Waals surface area contributed by atoms with Gasteiger partial charge in [0.2, 0.25) is 5.91 Å². The van der Waals surface area contributed by atoms with Crippen molar-refractivity contribution in [2.75, 3.05) is 34.2 Å². The van der Waals surface area contributed by atoms with E-state index in [2.05, 4.69) is 17.4 Å². The van der Waals surface area contributed by atoms with Crippen LogP contribution < -0.4 is 5.43 Å². The van der Waals surface area contributed by atoms with Crippen molar-refractivity contribution in [2.45, 2.75) is 19.8 Å². The van der Waals surface area contributed by atoms with E-state index in [1.54, 1.807) is 5.01 Å². The fourth-order valence-electron chi connectivity index (χ4n) is 2.15. The molecule has 0 radical (unpaired) electrons. The summed E-state index contributed by atoms with van der Waals surface area (Å²) in [7, 11) is 5.82. The van der Waals surface area contributed by atoms with Crippen LogP contribution >= 0.6 is 0 Å². The molecular formula is C11H23N3O. The lowest BCUT2D eigenvalue weighted by Gasteiger charge is -2.33. The summed E-state index contributed by atoms with van der Waals surface area (Å²) in [5, 5.41) is 1.71. The van der Waals surface area contributed by atoms with E-state index >= 15 is 0 Å². The summed E-state index contributed by atoms with van der Waals surface area (Å²) in [6.45, 7) is 4.24. The van der Waals surface area contributed by atoms with Crippen LogP contribution in [-0.2, 0) is 4.79 Å². The lowest BCUT2D eigenvalue weighted by atomic mass is 9.86. The highest BCUT2D eigenvalue weighted by Gasteiger charge is 2.27. The molecule has 0 aromatic rings. The van der Waals surface area contributed by atoms with Crippen LogP contribution in [0.2, 0.25) is 0 Å². The van der Waals surface area contributed by atoms with Crippen LogP contribution in [0.4, 0.5) is 0 Å². The highest BCUT2D eigenvalue weighted by Crippen LogP contribution is 2.23. The Morgan fingerprint density at radius 2 is 2.20 bits per heavy atom. The molecule has 4 heteroatoms. The zero-order valence-corrected chi connectivity index (χ0v) is 10.3. The quantitative estimate of drug-likeness (QED) is 0.696. The molecule has 1 saturated heterocycles. The fourth-order valence-corrected chi connectivity index (χ4v) is 2.15. The van der Waals surface area contributed by atoms with E-state index < -0.39 is 0 Å². The third-order valence-electron chi connectivity index (χ3n) is 3.12. The van der Waals surface area contributed by atoms with Crippen molar-refractivity contribution in [3.8, 4) is 0 Å². The number of likely N-dealkylation sites (tertiary alicyclic amines) is 1. The average Bonchev–Trinajstić information content (AvgIpc) is 2.15. The summed E-state index contributed by atoms with van der Waals surface area (Å²) >= 11 is 0. The van der Waals surface area contributed by atoms with Crippen molar-refractivity contribution in [3.05, 3.63) is 0 Å². The first kappa shape index (κ1) is 12.5. The SMILES string of the molecule is CC(C(=O)NN(C)C)C1CCCN(C)C1. The van der Waals surface area contributed by atoms with Crippen molar-refractivity contribution >= 4 is 5.91 Å². The number of carbonyl (C=O) groups is 1. The van der Waals surface area contributed by atoms with Gasteiger partial charge in [-0.3, -0.25) is 10.2 Å². The molecule has 0 aromatic carbocycles. The molecular weight excluding hydrogens is 190 g/mol. The van der Waals surface area contributed by atoms with Crippen LogP contribution in [-0.4, -0.2) is 50.0 Å². The van der Waals surface area contributed by atoms with E-state index in [1.807, 2.05) is 21.0 Å². The lowest BCUT2D eigenvalue weighted by molar-refractivity contribution is -0.130. The standard InChI is InChI=1S/C11H23N3O/c1-9(11(15)12-13(2)3)10-6-5-7-14(4)8-10/h9-10H,5-8H2,1-4H3,(H,12,15). The van der Waals surface area contributed by atoms with Gasteiger partial charge < -0.3 is 4.90 Å². The molecule has 1 amide bonds. The van der Waals surface area contributed by atoms with Crippen molar-refractivity contribution in [3.63, 3.8) is 0 Å². The Balaban J connectivity index is 2.44. The zero-order chi connectivity index (χ0) is 11.4. The molecule has 0 saturated carbocycles. The van der Waals surface area contributed by atoms with Crippen molar-refractivity contribution in [1.82, 2.24) is 15.3 Å². The number of carbonyl (C=O) groups excluding carboxylic acids is 1. The Bertz CT molecular complexity index is 218. The van der Waals surface area contributed by atoms with Crippen LogP contribution in [0.15, 0.2) is 0 Å². The van der Waals surface area contributed by atoms with Gasteiger partial charge in [0.05, 0.1) is 0 Å². The molecule has 2 unspecified atom stereocenters. The number of nitrogens with zero attached hydrogens (tertiary/aromatic N) is 2. The molecule has 1 fully saturated rings. The Morgan fingerprint density at radius 3 is 2.73 bits per heavy atom. The largest absolute Gasteiger partial charge is 0.306 e. The molecule has 0 aromatic heterocycles. The first-order valence-electron chi connectivity index (χ1n) is 5.67. The number of nitrogens with one attached hydrogen (secondary N) is 1. The molecule has 1 rings (SSSR count). The molecule has 15 heavy (non-hydrogen) atoms. The number of amides is 1. The highest BCUT2D eigenvalue weighted by molar-refractivity contribution is 5.78. The highest BCUT2D eigenvalue weighted by atomic mass is 16.2. The first-order chi connectivity index (χ1) is 7.00. The van der Waals surface area contributed by atoms with E-state index in [0.29, 0.717) is 5.92 Å². The van der Waals surface area contributed by atoms with E-state index in [4.69, 9.17) is 0 Å². The predicted molar refractivity (Wildman–Crippen MR) is 61.2 cm³/mol. The Labute approximate surface area is 92.6 Å². The lowest BCUT2D eigenvalue weighted by Crippen LogP contribution is -2.45. The normalized spacial score (nSPS) is 25.3. The minimum absolute atomic E-state index is 0.107. The van der Waals surface area contributed by atoms with Crippen molar-refractivity contribution < 1.29 is 4.79 Å². The molecule has 1 aliphatic heterocycles. The Hall–Kier alpha value is -0.610. The van der Waals surface area contributed by atoms with Crippen LogP contribution in [0.3, 0.4) is 0 Å². The zero-order valence-electron chi connectivity index (χ0n) is 10.3. The van der Waals surface area contributed by atoms with Gasteiger partial charge in [0, 0.05) is 26.6 Å². The van der Waals surface area contributed by atoms with Crippen LogP contribution in [0, 0.1) is 11.8 Å². The van der Waals surface area contributed by atoms with Gasteiger partial charge in [0.15, 0.2) is 0 Å². The third kappa shape index (κ3) is 3.80. The number of hydrogen-bond donors (Lipinski definition) is 1. The van der Waals surface area contributed by atoms with Gasteiger partial charge in [-0.05, 0) is 32.4 Å². The topological polar surface area (TPSA) is 35.6 Å². The molecule has 4 nitrogen and oxygen atoms in total. The molecule has 0 aliphatic carbocycles. The molecule has 2 atom stereocenters. The monoisotopic (exact) mass is 213 g/mol. The smallest absolute Gasteiger partial charge is 0.237 e. The van der Waals surface area contributed by atoms with Crippen LogP contribution in [0.1, 0.15) is 19.8 Å². The second kappa shape index (κ2) is 5.47. The summed E-state index contributed by atoms with van der Waals surface area (Å²) in [5.74, 6) is 0.749. The van der Waals surface area contributed by atoms with Gasteiger partial charge in [-0.1, -0.05) is 6.92 Å². The number of hydrazine groups is 1. The van der Waals surface area contributed by atoms with Crippen LogP contribution in [0.25, 0.3) is 0 Å². The van der Waals surface area contributed by atoms with Gasteiger partial charge in [0.25, 0.3) is 0 Å². The predicted octanol–water partition coefficient (Wildman–Crippen LogP) is 0.557. The molecule has 88 valence electrons. The summed E-state index contributed by atoms with van der Waals surface area (Å²) in [6.07, 6.45) is 2.38. The van der Waals surface area contributed by atoms with E-state index in [1.165, 1.54) is 19.4 Å². The average molecular weight is 213 g/mol. The van der Waals surface area contributed by atoms with E-state index in [9.17, 15) is 4.79 Å². The van der Waals surface area contributed by atoms with Crippen molar-refractivity contribution in [2.24, 2.45) is 11.8 Å². The summed E-state index contributed by atoms with van der Waals surface area (Å²) < 4.78 is 0. The molecule has 1 N–H and O–H groups in total. The summed E-state index contributed by atoms with van der Waals surface area (Å²) in [4.78, 5) is 14.1. The molecule has 1 aliphatic rings. The first-order valence-corrected chi connectivity index (χ1v) is 5.67. The van der Waals surface area contributed by atoms with Gasteiger partial charge in [-0.2, -0.15) is 0 Å². The third-order valence-corrected chi connectivity index (χ3v) is 3.12. The van der Waals surface area contributed by atoms with Gasteiger partial charge in [-0.25, -0.2) is 5.01 Å². The maximum Gasteiger partial charge on any atom is 0.237 e. The maximum absolute atomic E-state index is 11.8. The second-order valence-electron chi connectivity index (χ2n) is 4.82. The minimum atomic E-state index is 0.107. The van der Waals surface area contributed by atoms with Gasteiger partial charge in [0.1, 0.15) is 0 Å². The fraction of sp³-hybridized carbons (Fsp3) is 0.909. The number of rotatable bonds is 3. The maximum atomic E-state index is 11.8. The minimum Gasteiger partial charge on any atom is -0.306 e. The van der Waals surface area contributed by atoms with E-state index in [0.717, 1.165) is 6.54 Å².